The lowest BCUT2D eigenvalue weighted by Crippen LogP contribution is -2.34. The first kappa shape index (κ1) is 21.1. The van der Waals surface area contributed by atoms with E-state index in [-0.39, 0.29) is 37.7 Å². The third-order valence-corrected chi connectivity index (χ3v) is 5.74. The molecule has 0 radical (unpaired) electrons. The predicted octanol–water partition coefficient (Wildman–Crippen LogP) is 3.28. The summed E-state index contributed by atoms with van der Waals surface area (Å²) in [5.74, 6) is -0.628. The molecule has 0 unspecified atom stereocenters. The molecule has 2 aromatic carbocycles. The summed E-state index contributed by atoms with van der Waals surface area (Å²) in [4.78, 5) is 12.2. The van der Waals surface area contributed by atoms with Gasteiger partial charge in [-0.3, -0.25) is 4.79 Å². The van der Waals surface area contributed by atoms with Crippen molar-refractivity contribution in [2.45, 2.75) is 26.7 Å². The fourth-order valence-electron chi connectivity index (χ4n) is 2.66. The maximum absolute atomic E-state index is 13.7. The number of hydrogen-bond donors (Lipinski definition) is 1. The van der Waals surface area contributed by atoms with Crippen molar-refractivity contribution in [2.75, 3.05) is 24.7 Å². The second-order valence-corrected chi connectivity index (χ2v) is 8.58. The molecule has 0 aromatic heterocycles. The highest BCUT2D eigenvalue weighted by atomic mass is 32.2. The number of amides is 1. The van der Waals surface area contributed by atoms with Crippen LogP contribution in [0.3, 0.4) is 0 Å². The van der Waals surface area contributed by atoms with E-state index >= 15 is 0 Å². The van der Waals surface area contributed by atoms with Crippen molar-refractivity contribution in [3.63, 3.8) is 0 Å². The SMILES string of the molecule is Cc1ccc(NC(=O)CCN(CCc2ccccc2F)S(C)(=O)=O)cc1C. The van der Waals surface area contributed by atoms with Gasteiger partial charge in [0.1, 0.15) is 5.82 Å². The number of aryl methyl sites for hydroxylation is 2. The van der Waals surface area contributed by atoms with Gasteiger partial charge < -0.3 is 5.32 Å². The summed E-state index contributed by atoms with van der Waals surface area (Å²) in [7, 11) is -3.50. The number of anilines is 1. The maximum Gasteiger partial charge on any atom is 0.225 e. The van der Waals surface area contributed by atoms with Crippen molar-refractivity contribution in [3.05, 3.63) is 65.0 Å². The van der Waals surface area contributed by atoms with Crippen LogP contribution in [0.5, 0.6) is 0 Å². The Kier molecular flexibility index (Phi) is 7.10. The highest BCUT2D eigenvalue weighted by Gasteiger charge is 2.18. The van der Waals surface area contributed by atoms with Crippen LogP contribution in [0.1, 0.15) is 23.1 Å². The monoisotopic (exact) mass is 392 g/mol. The van der Waals surface area contributed by atoms with E-state index in [0.717, 1.165) is 17.4 Å². The fraction of sp³-hybridized carbons (Fsp3) is 0.350. The number of carbonyl (C=O) groups excluding carboxylic acids is 1. The summed E-state index contributed by atoms with van der Waals surface area (Å²) in [6, 6.07) is 11.9. The van der Waals surface area contributed by atoms with E-state index in [4.69, 9.17) is 0 Å². The van der Waals surface area contributed by atoms with E-state index in [9.17, 15) is 17.6 Å². The molecule has 0 saturated heterocycles. The van der Waals surface area contributed by atoms with Crippen LogP contribution < -0.4 is 5.32 Å². The molecule has 0 saturated carbocycles. The lowest BCUT2D eigenvalue weighted by atomic mass is 10.1. The van der Waals surface area contributed by atoms with Crippen molar-refractivity contribution in [3.8, 4) is 0 Å². The maximum atomic E-state index is 13.7. The van der Waals surface area contributed by atoms with Crippen LogP contribution >= 0.6 is 0 Å². The zero-order valence-electron chi connectivity index (χ0n) is 15.8. The highest BCUT2D eigenvalue weighted by Crippen LogP contribution is 2.15. The Bertz CT molecular complexity index is 913. The summed E-state index contributed by atoms with van der Waals surface area (Å²) in [5, 5.41) is 2.78. The molecule has 2 rings (SSSR count). The van der Waals surface area contributed by atoms with E-state index in [0.29, 0.717) is 11.3 Å². The number of carbonyl (C=O) groups is 1. The second-order valence-electron chi connectivity index (χ2n) is 6.60. The topological polar surface area (TPSA) is 66.5 Å². The summed E-state index contributed by atoms with van der Waals surface area (Å²) < 4.78 is 38.9. The van der Waals surface area contributed by atoms with Crippen LogP contribution in [0.2, 0.25) is 0 Å². The molecule has 146 valence electrons. The van der Waals surface area contributed by atoms with Gasteiger partial charge in [0.05, 0.1) is 6.26 Å². The van der Waals surface area contributed by atoms with Gasteiger partial charge in [-0.2, -0.15) is 0 Å². The lowest BCUT2D eigenvalue weighted by molar-refractivity contribution is -0.116. The number of benzene rings is 2. The van der Waals surface area contributed by atoms with Gasteiger partial charge in [0.15, 0.2) is 0 Å². The van der Waals surface area contributed by atoms with Crippen molar-refractivity contribution in [1.29, 1.82) is 0 Å². The average molecular weight is 392 g/mol. The molecule has 7 heteroatoms. The first-order valence-corrected chi connectivity index (χ1v) is 10.6. The van der Waals surface area contributed by atoms with E-state index in [1.807, 2.05) is 32.0 Å². The Labute approximate surface area is 160 Å². The largest absolute Gasteiger partial charge is 0.326 e. The number of rotatable bonds is 8. The minimum absolute atomic E-state index is 0.0251. The van der Waals surface area contributed by atoms with Gasteiger partial charge in [-0.15, -0.1) is 0 Å². The van der Waals surface area contributed by atoms with Crippen molar-refractivity contribution in [2.24, 2.45) is 0 Å². The van der Waals surface area contributed by atoms with Crippen LogP contribution in [0.15, 0.2) is 42.5 Å². The second kappa shape index (κ2) is 9.10. The average Bonchev–Trinajstić information content (AvgIpc) is 2.58. The minimum Gasteiger partial charge on any atom is -0.326 e. The number of hydrogen-bond acceptors (Lipinski definition) is 3. The Balaban J connectivity index is 1.94. The molecule has 2 aromatic rings. The van der Waals surface area contributed by atoms with Crippen LogP contribution in [0.25, 0.3) is 0 Å². The number of halogens is 1. The molecular formula is C20H25FN2O3S. The van der Waals surface area contributed by atoms with Gasteiger partial charge in [0.25, 0.3) is 0 Å². The predicted molar refractivity (Wildman–Crippen MR) is 106 cm³/mol. The first-order valence-electron chi connectivity index (χ1n) is 8.72. The summed E-state index contributed by atoms with van der Waals surface area (Å²) in [5.41, 5.74) is 3.32. The Morgan fingerprint density at radius 1 is 1.07 bits per heavy atom. The lowest BCUT2D eigenvalue weighted by Gasteiger charge is -2.20. The molecule has 1 amide bonds. The highest BCUT2D eigenvalue weighted by molar-refractivity contribution is 7.88. The third kappa shape index (κ3) is 6.45. The molecule has 0 bridgehead atoms. The summed E-state index contributed by atoms with van der Waals surface area (Å²) >= 11 is 0. The van der Waals surface area contributed by atoms with E-state index in [2.05, 4.69) is 5.32 Å². The third-order valence-electron chi connectivity index (χ3n) is 4.44. The minimum atomic E-state index is -3.50. The zero-order chi connectivity index (χ0) is 20.0. The van der Waals surface area contributed by atoms with Crippen molar-refractivity contribution in [1.82, 2.24) is 4.31 Å². The number of nitrogens with one attached hydrogen (secondary N) is 1. The quantitative estimate of drug-likeness (QED) is 0.750. The molecule has 27 heavy (non-hydrogen) atoms. The van der Waals surface area contributed by atoms with Gasteiger partial charge in [0, 0.05) is 25.2 Å². The van der Waals surface area contributed by atoms with Gasteiger partial charge in [-0.05, 0) is 55.2 Å². The molecule has 0 aliphatic rings. The Morgan fingerprint density at radius 2 is 1.78 bits per heavy atom. The van der Waals surface area contributed by atoms with E-state index < -0.39 is 10.0 Å². The number of sulfonamides is 1. The fourth-order valence-corrected chi connectivity index (χ4v) is 3.50. The molecule has 0 heterocycles. The van der Waals surface area contributed by atoms with Crippen LogP contribution in [0, 0.1) is 19.7 Å². The standard InChI is InChI=1S/C20H25FN2O3S/c1-15-8-9-18(14-16(15)2)22-20(24)11-13-23(27(3,25)26)12-10-17-6-4-5-7-19(17)21/h4-9,14H,10-13H2,1-3H3,(H,22,24). The molecule has 0 atom stereocenters. The van der Waals surface area contributed by atoms with Gasteiger partial charge >= 0.3 is 0 Å². The van der Waals surface area contributed by atoms with Gasteiger partial charge in [0.2, 0.25) is 15.9 Å². The summed E-state index contributed by atoms with van der Waals surface area (Å²) in [6.45, 7) is 4.11. The first-order chi connectivity index (χ1) is 12.7. The number of nitrogens with zero attached hydrogens (tertiary/aromatic N) is 1. The normalized spacial score (nSPS) is 11.6. The van der Waals surface area contributed by atoms with Gasteiger partial charge in [-0.25, -0.2) is 17.1 Å². The molecule has 0 fully saturated rings. The Morgan fingerprint density at radius 3 is 2.41 bits per heavy atom. The molecule has 0 spiro atoms. The molecular weight excluding hydrogens is 367 g/mol. The van der Waals surface area contributed by atoms with Gasteiger partial charge in [-0.1, -0.05) is 24.3 Å². The molecule has 0 aliphatic carbocycles. The van der Waals surface area contributed by atoms with Crippen LogP contribution in [0.4, 0.5) is 10.1 Å². The molecule has 1 N–H and O–H groups in total. The van der Waals surface area contributed by atoms with E-state index in [1.165, 1.54) is 10.4 Å². The van der Waals surface area contributed by atoms with Crippen LogP contribution in [-0.4, -0.2) is 38.0 Å². The van der Waals surface area contributed by atoms with Crippen molar-refractivity contribution < 1.29 is 17.6 Å². The summed E-state index contributed by atoms with van der Waals surface area (Å²) in [6.07, 6.45) is 1.37. The van der Waals surface area contributed by atoms with E-state index in [1.54, 1.807) is 18.2 Å². The smallest absolute Gasteiger partial charge is 0.225 e. The van der Waals surface area contributed by atoms with Crippen molar-refractivity contribution >= 4 is 21.6 Å². The van der Waals surface area contributed by atoms with Crippen LogP contribution in [-0.2, 0) is 21.2 Å². The molecule has 5 nitrogen and oxygen atoms in total. The molecule has 0 aliphatic heterocycles. The zero-order valence-corrected chi connectivity index (χ0v) is 16.6. The Hall–Kier alpha value is -2.25.